The van der Waals surface area contributed by atoms with Crippen LogP contribution in [0.25, 0.3) is 0 Å². The molecule has 1 heterocycles. The van der Waals surface area contributed by atoms with Crippen LogP contribution in [-0.2, 0) is 6.54 Å². The van der Waals surface area contributed by atoms with Crippen molar-refractivity contribution in [1.29, 1.82) is 0 Å². The zero-order valence-corrected chi connectivity index (χ0v) is 13.1. The van der Waals surface area contributed by atoms with E-state index in [2.05, 4.69) is 12.2 Å². The highest BCUT2D eigenvalue weighted by atomic mass is 16.5. The first-order valence-corrected chi connectivity index (χ1v) is 7.20. The van der Waals surface area contributed by atoms with Gasteiger partial charge >= 0.3 is 0 Å². The number of benzene rings is 1. The van der Waals surface area contributed by atoms with Gasteiger partial charge in [0, 0.05) is 6.54 Å². The average molecular weight is 289 g/mol. The summed E-state index contributed by atoms with van der Waals surface area (Å²) in [5.74, 6) is 2.46. The van der Waals surface area contributed by atoms with E-state index >= 15 is 0 Å². The summed E-state index contributed by atoms with van der Waals surface area (Å²) >= 11 is 0. The maximum atomic E-state index is 5.72. The van der Waals surface area contributed by atoms with E-state index in [1.807, 2.05) is 44.2 Å². The van der Waals surface area contributed by atoms with Crippen molar-refractivity contribution in [3.8, 4) is 11.5 Å². The predicted octanol–water partition coefficient (Wildman–Crippen LogP) is 3.93. The van der Waals surface area contributed by atoms with E-state index in [0.717, 1.165) is 29.4 Å². The molecule has 0 bridgehead atoms. The minimum absolute atomic E-state index is 0.127. The minimum Gasteiger partial charge on any atom is -0.493 e. The smallest absolute Gasteiger partial charge is 0.161 e. The van der Waals surface area contributed by atoms with E-state index in [-0.39, 0.29) is 12.1 Å². The monoisotopic (exact) mass is 289 g/mol. The first-order chi connectivity index (χ1) is 10.1. The average Bonchev–Trinajstić information content (AvgIpc) is 2.99. The Morgan fingerprint density at radius 3 is 2.57 bits per heavy atom. The molecule has 0 aliphatic rings. The van der Waals surface area contributed by atoms with Crippen LogP contribution >= 0.6 is 0 Å². The van der Waals surface area contributed by atoms with Gasteiger partial charge in [-0.25, -0.2) is 0 Å². The quantitative estimate of drug-likeness (QED) is 0.839. The number of methoxy groups -OCH3 is 1. The van der Waals surface area contributed by atoms with Crippen LogP contribution < -0.4 is 14.8 Å². The molecule has 0 spiro atoms. The van der Waals surface area contributed by atoms with Crippen LogP contribution in [0.2, 0.25) is 0 Å². The Labute approximate surface area is 126 Å². The molecule has 1 atom stereocenters. The molecule has 0 radical (unpaired) electrons. The second-order valence-corrected chi connectivity index (χ2v) is 5.27. The number of ether oxygens (including phenoxy) is 2. The fourth-order valence-electron chi connectivity index (χ4n) is 2.08. The Bertz CT molecular complexity index is 549. The van der Waals surface area contributed by atoms with Gasteiger partial charge in [0.15, 0.2) is 11.5 Å². The van der Waals surface area contributed by atoms with Gasteiger partial charge in [-0.15, -0.1) is 0 Å². The Balaban J connectivity index is 2.00. The lowest BCUT2D eigenvalue weighted by molar-refractivity contribution is 0.230. The lowest BCUT2D eigenvalue weighted by atomic mass is 10.1. The number of nitrogens with one attached hydrogen (secondary N) is 1. The molecule has 1 N–H and O–H groups in total. The summed E-state index contributed by atoms with van der Waals surface area (Å²) in [4.78, 5) is 0. The molecule has 4 heteroatoms. The van der Waals surface area contributed by atoms with Gasteiger partial charge in [0.2, 0.25) is 0 Å². The van der Waals surface area contributed by atoms with Crippen LogP contribution in [0.5, 0.6) is 11.5 Å². The fourth-order valence-corrected chi connectivity index (χ4v) is 2.08. The van der Waals surface area contributed by atoms with E-state index in [1.54, 1.807) is 13.4 Å². The van der Waals surface area contributed by atoms with E-state index in [4.69, 9.17) is 13.9 Å². The maximum Gasteiger partial charge on any atom is 0.161 e. The van der Waals surface area contributed by atoms with Crippen molar-refractivity contribution in [1.82, 2.24) is 5.32 Å². The molecular weight excluding hydrogens is 266 g/mol. The van der Waals surface area contributed by atoms with Crippen LogP contribution in [0.1, 0.15) is 38.1 Å². The summed E-state index contributed by atoms with van der Waals surface area (Å²) in [5, 5.41) is 3.42. The molecule has 0 fully saturated rings. The SMILES string of the molecule is COc1cc(CN[C@H](C)c2ccco2)ccc1OC(C)C. The largest absolute Gasteiger partial charge is 0.493 e. The van der Waals surface area contributed by atoms with E-state index in [9.17, 15) is 0 Å². The summed E-state index contributed by atoms with van der Waals surface area (Å²) in [6.45, 7) is 6.81. The van der Waals surface area contributed by atoms with Gasteiger partial charge in [-0.2, -0.15) is 0 Å². The lowest BCUT2D eigenvalue weighted by Gasteiger charge is -2.16. The van der Waals surface area contributed by atoms with Crippen molar-refractivity contribution in [3.63, 3.8) is 0 Å². The maximum absolute atomic E-state index is 5.72. The Hall–Kier alpha value is -1.94. The summed E-state index contributed by atoms with van der Waals surface area (Å²) in [6.07, 6.45) is 1.82. The van der Waals surface area contributed by atoms with E-state index < -0.39 is 0 Å². The van der Waals surface area contributed by atoms with Gasteiger partial charge in [0.1, 0.15) is 5.76 Å². The molecule has 0 saturated heterocycles. The molecule has 1 aromatic carbocycles. The first kappa shape index (κ1) is 15.4. The molecular formula is C17H23NO3. The van der Waals surface area contributed by atoms with Gasteiger partial charge in [-0.05, 0) is 50.6 Å². The standard InChI is InChI=1S/C17H23NO3/c1-12(2)21-16-8-7-14(10-17(16)19-4)11-18-13(3)15-6-5-9-20-15/h5-10,12-13,18H,11H2,1-4H3/t13-/m1/s1. The topological polar surface area (TPSA) is 43.6 Å². The summed E-state index contributed by atoms with van der Waals surface area (Å²) in [7, 11) is 1.66. The molecule has 2 aromatic rings. The molecule has 0 unspecified atom stereocenters. The van der Waals surface area contributed by atoms with Crippen LogP contribution in [0.15, 0.2) is 41.0 Å². The van der Waals surface area contributed by atoms with Crippen LogP contribution in [0.4, 0.5) is 0 Å². The normalized spacial score (nSPS) is 12.4. The van der Waals surface area contributed by atoms with Crippen molar-refractivity contribution in [2.24, 2.45) is 0 Å². The molecule has 2 rings (SSSR count). The van der Waals surface area contributed by atoms with Gasteiger partial charge in [-0.1, -0.05) is 6.07 Å². The highest BCUT2D eigenvalue weighted by molar-refractivity contribution is 5.43. The Kier molecular flexibility index (Phi) is 5.28. The predicted molar refractivity (Wildman–Crippen MR) is 82.7 cm³/mol. The van der Waals surface area contributed by atoms with E-state index in [1.165, 1.54) is 0 Å². The van der Waals surface area contributed by atoms with E-state index in [0.29, 0.717) is 0 Å². The number of hydrogen-bond donors (Lipinski definition) is 1. The second-order valence-electron chi connectivity index (χ2n) is 5.27. The van der Waals surface area contributed by atoms with Crippen molar-refractivity contribution < 1.29 is 13.9 Å². The Morgan fingerprint density at radius 1 is 1.14 bits per heavy atom. The molecule has 0 aliphatic carbocycles. The summed E-state index contributed by atoms with van der Waals surface area (Å²) < 4.78 is 16.5. The number of furan rings is 1. The molecule has 21 heavy (non-hydrogen) atoms. The fraction of sp³-hybridized carbons (Fsp3) is 0.412. The second kappa shape index (κ2) is 7.18. The van der Waals surface area contributed by atoms with Gasteiger partial charge in [-0.3, -0.25) is 0 Å². The zero-order valence-electron chi connectivity index (χ0n) is 13.1. The van der Waals surface area contributed by atoms with Crippen molar-refractivity contribution in [2.45, 2.75) is 39.5 Å². The van der Waals surface area contributed by atoms with Gasteiger partial charge in [0.25, 0.3) is 0 Å². The number of hydrogen-bond acceptors (Lipinski definition) is 4. The summed E-state index contributed by atoms with van der Waals surface area (Å²) in [5.41, 5.74) is 1.14. The van der Waals surface area contributed by atoms with Crippen LogP contribution in [-0.4, -0.2) is 13.2 Å². The third-order valence-corrected chi connectivity index (χ3v) is 3.17. The molecule has 114 valence electrons. The van der Waals surface area contributed by atoms with Crippen molar-refractivity contribution in [3.05, 3.63) is 47.9 Å². The highest BCUT2D eigenvalue weighted by Gasteiger charge is 2.10. The third-order valence-electron chi connectivity index (χ3n) is 3.17. The lowest BCUT2D eigenvalue weighted by Crippen LogP contribution is -2.17. The molecule has 4 nitrogen and oxygen atoms in total. The molecule has 1 aromatic heterocycles. The van der Waals surface area contributed by atoms with Crippen molar-refractivity contribution >= 4 is 0 Å². The third kappa shape index (κ3) is 4.26. The van der Waals surface area contributed by atoms with Crippen LogP contribution in [0.3, 0.4) is 0 Å². The minimum atomic E-state index is 0.127. The summed E-state index contributed by atoms with van der Waals surface area (Å²) in [6, 6.07) is 10.0. The number of rotatable bonds is 7. The van der Waals surface area contributed by atoms with Gasteiger partial charge < -0.3 is 19.2 Å². The zero-order chi connectivity index (χ0) is 15.2. The Morgan fingerprint density at radius 2 is 1.95 bits per heavy atom. The molecule has 0 aliphatic heterocycles. The highest BCUT2D eigenvalue weighted by Crippen LogP contribution is 2.29. The molecule has 0 saturated carbocycles. The van der Waals surface area contributed by atoms with Crippen molar-refractivity contribution in [2.75, 3.05) is 7.11 Å². The van der Waals surface area contributed by atoms with Crippen LogP contribution in [0, 0.1) is 0 Å². The molecule has 0 amide bonds. The van der Waals surface area contributed by atoms with Gasteiger partial charge in [0.05, 0.1) is 25.5 Å². The first-order valence-electron chi connectivity index (χ1n) is 7.20.